The molecular formula is C13H13F2NO. The number of halogens is 2. The van der Waals surface area contributed by atoms with Gasteiger partial charge in [0.25, 0.3) is 0 Å². The minimum Gasteiger partial charge on any atom is -0.461 e. The summed E-state index contributed by atoms with van der Waals surface area (Å²) < 4.78 is 31.9. The summed E-state index contributed by atoms with van der Waals surface area (Å²) in [5.41, 5.74) is 0.287. The number of hydrogen-bond donors (Lipinski definition) is 1. The molecule has 1 saturated heterocycles. The van der Waals surface area contributed by atoms with Gasteiger partial charge in [-0.25, -0.2) is 8.78 Å². The average molecular weight is 237 g/mol. The Labute approximate surface area is 97.6 Å². The predicted molar refractivity (Wildman–Crippen MR) is 60.9 cm³/mol. The minimum atomic E-state index is -0.602. The molecule has 1 N–H and O–H groups in total. The van der Waals surface area contributed by atoms with E-state index in [1.165, 1.54) is 6.07 Å². The summed E-state index contributed by atoms with van der Waals surface area (Å²) in [5, 5.41) is 3.71. The Morgan fingerprint density at radius 2 is 2.18 bits per heavy atom. The quantitative estimate of drug-likeness (QED) is 0.868. The Balaban J connectivity index is 1.93. The second-order valence-electron chi connectivity index (χ2n) is 4.51. The van der Waals surface area contributed by atoms with Crippen molar-refractivity contribution in [1.82, 2.24) is 5.32 Å². The fourth-order valence-corrected chi connectivity index (χ4v) is 2.39. The van der Waals surface area contributed by atoms with Crippen molar-refractivity contribution in [2.45, 2.75) is 25.3 Å². The number of fused-ring (bicyclic) bond motifs is 1. The molecule has 1 atom stereocenters. The van der Waals surface area contributed by atoms with E-state index in [0.29, 0.717) is 17.2 Å². The van der Waals surface area contributed by atoms with Crippen LogP contribution in [-0.4, -0.2) is 12.6 Å². The van der Waals surface area contributed by atoms with Crippen molar-refractivity contribution in [3.8, 4) is 0 Å². The standard InChI is InChI=1S/C13H13F2NO/c14-8-4-12(15)11-7-10(17-13(11)5-8)6-9-2-1-3-16-9/h4-5,7,9,16H,1-3,6H2. The Bertz CT molecular complexity index is 544. The van der Waals surface area contributed by atoms with Gasteiger partial charge in [-0.15, -0.1) is 0 Å². The maximum absolute atomic E-state index is 13.5. The van der Waals surface area contributed by atoms with Crippen LogP contribution in [0.3, 0.4) is 0 Å². The number of nitrogens with one attached hydrogen (secondary N) is 1. The molecule has 0 aliphatic carbocycles. The van der Waals surface area contributed by atoms with E-state index >= 15 is 0 Å². The molecule has 1 aromatic carbocycles. The van der Waals surface area contributed by atoms with Gasteiger partial charge in [0.15, 0.2) is 0 Å². The molecule has 0 amide bonds. The molecule has 1 unspecified atom stereocenters. The van der Waals surface area contributed by atoms with E-state index in [1.807, 2.05) is 0 Å². The third-order valence-electron chi connectivity index (χ3n) is 3.21. The molecule has 1 aliphatic heterocycles. The first kappa shape index (κ1) is 10.7. The average Bonchev–Trinajstić information content (AvgIpc) is 2.87. The molecule has 1 aliphatic rings. The third kappa shape index (κ3) is 2.05. The van der Waals surface area contributed by atoms with Gasteiger partial charge in [0.1, 0.15) is 23.0 Å². The molecule has 4 heteroatoms. The second kappa shape index (κ2) is 4.11. The number of benzene rings is 1. The Morgan fingerprint density at radius 3 is 2.94 bits per heavy atom. The lowest BCUT2D eigenvalue weighted by Crippen LogP contribution is -2.23. The topological polar surface area (TPSA) is 25.2 Å². The summed E-state index contributed by atoms with van der Waals surface area (Å²) in [7, 11) is 0. The van der Waals surface area contributed by atoms with Gasteiger partial charge >= 0.3 is 0 Å². The first-order chi connectivity index (χ1) is 8.22. The van der Waals surface area contributed by atoms with Crippen LogP contribution in [0.15, 0.2) is 22.6 Å². The van der Waals surface area contributed by atoms with Gasteiger partial charge in [-0.2, -0.15) is 0 Å². The molecule has 0 spiro atoms. The largest absolute Gasteiger partial charge is 0.461 e. The van der Waals surface area contributed by atoms with Gasteiger partial charge in [-0.3, -0.25) is 0 Å². The summed E-state index contributed by atoms with van der Waals surface area (Å²) in [5.74, 6) is -0.451. The van der Waals surface area contributed by atoms with Gasteiger partial charge in [0.05, 0.1) is 5.39 Å². The first-order valence-corrected chi connectivity index (χ1v) is 5.83. The maximum atomic E-state index is 13.5. The van der Waals surface area contributed by atoms with Crippen molar-refractivity contribution in [3.63, 3.8) is 0 Å². The molecule has 0 bridgehead atoms. The van der Waals surface area contributed by atoms with Crippen LogP contribution in [0.2, 0.25) is 0 Å². The van der Waals surface area contributed by atoms with Crippen LogP contribution >= 0.6 is 0 Å². The molecule has 0 radical (unpaired) electrons. The summed E-state index contributed by atoms with van der Waals surface area (Å²) in [6, 6.07) is 4.17. The SMILES string of the molecule is Fc1cc(F)c2cc(CC3CCCN3)oc2c1. The number of furan rings is 1. The van der Waals surface area contributed by atoms with Crippen LogP contribution in [0.25, 0.3) is 11.0 Å². The van der Waals surface area contributed by atoms with Crippen molar-refractivity contribution in [3.05, 3.63) is 35.6 Å². The molecule has 2 heterocycles. The lowest BCUT2D eigenvalue weighted by Gasteiger charge is -2.06. The highest BCUT2D eigenvalue weighted by molar-refractivity contribution is 5.78. The normalized spacial score (nSPS) is 20.2. The van der Waals surface area contributed by atoms with Crippen molar-refractivity contribution in [2.24, 2.45) is 0 Å². The van der Waals surface area contributed by atoms with Gasteiger partial charge in [0, 0.05) is 24.6 Å². The molecule has 1 fully saturated rings. The molecular weight excluding hydrogens is 224 g/mol. The highest BCUT2D eigenvalue weighted by atomic mass is 19.1. The highest BCUT2D eigenvalue weighted by Crippen LogP contribution is 2.25. The summed E-state index contributed by atoms with van der Waals surface area (Å²) >= 11 is 0. The van der Waals surface area contributed by atoms with E-state index in [-0.39, 0.29) is 5.58 Å². The molecule has 1 aromatic heterocycles. The summed E-state index contributed by atoms with van der Waals surface area (Å²) in [4.78, 5) is 0. The lowest BCUT2D eigenvalue weighted by molar-refractivity contribution is 0.492. The van der Waals surface area contributed by atoms with E-state index in [1.54, 1.807) is 6.07 Å². The van der Waals surface area contributed by atoms with Crippen molar-refractivity contribution in [1.29, 1.82) is 0 Å². The zero-order chi connectivity index (χ0) is 11.8. The van der Waals surface area contributed by atoms with Crippen molar-refractivity contribution < 1.29 is 13.2 Å². The lowest BCUT2D eigenvalue weighted by atomic mass is 10.1. The highest BCUT2D eigenvalue weighted by Gasteiger charge is 2.17. The molecule has 3 rings (SSSR count). The molecule has 90 valence electrons. The Morgan fingerprint density at radius 1 is 1.29 bits per heavy atom. The molecule has 0 saturated carbocycles. The van der Waals surface area contributed by atoms with Crippen molar-refractivity contribution in [2.75, 3.05) is 6.54 Å². The predicted octanol–water partition coefficient (Wildman–Crippen LogP) is 3.01. The van der Waals surface area contributed by atoms with Crippen LogP contribution in [0.5, 0.6) is 0 Å². The van der Waals surface area contributed by atoms with Crippen LogP contribution in [0.4, 0.5) is 8.78 Å². The third-order valence-corrected chi connectivity index (χ3v) is 3.21. The van der Waals surface area contributed by atoms with Gasteiger partial charge in [-0.1, -0.05) is 0 Å². The van der Waals surface area contributed by atoms with E-state index in [9.17, 15) is 8.78 Å². The zero-order valence-corrected chi connectivity index (χ0v) is 9.30. The van der Waals surface area contributed by atoms with E-state index in [4.69, 9.17) is 4.42 Å². The molecule has 2 nitrogen and oxygen atoms in total. The molecule has 2 aromatic rings. The Hall–Kier alpha value is -1.42. The zero-order valence-electron chi connectivity index (χ0n) is 9.30. The number of hydrogen-bond acceptors (Lipinski definition) is 2. The van der Waals surface area contributed by atoms with Gasteiger partial charge < -0.3 is 9.73 Å². The van der Waals surface area contributed by atoms with E-state index in [0.717, 1.165) is 31.9 Å². The van der Waals surface area contributed by atoms with Crippen LogP contribution in [-0.2, 0) is 6.42 Å². The summed E-state index contributed by atoms with van der Waals surface area (Å²) in [6.45, 7) is 1.02. The van der Waals surface area contributed by atoms with E-state index < -0.39 is 11.6 Å². The smallest absolute Gasteiger partial charge is 0.140 e. The maximum Gasteiger partial charge on any atom is 0.140 e. The van der Waals surface area contributed by atoms with E-state index in [2.05, 4.69) is 5.32 Å². The van der Waals surface area contributed by atoms with Crippen LogP contribution in [0.1, 0.15) is 18.6 Å². The van der Waals surface area contributed by atoms with Gasteiger partial charge in [-0.05, 0) is 25.5 Å². The number of rotatable bonds is 2. The second-order valence-corrected chi connectivity index (χ2v) is 4.51. The van der Waals surface area contributed by atoms with Crippen molar-refractivity contribution >= 4 is 11.0 Å². The van der Waals surface area contributed by atoms with Gasteiger partial charge in [0.2, 0.25) is 0 Å². The fraction of sp³-hybridized carbons (Fsp3) is 0.385. The molecule has 17 heavy (non-hydrogen) atoms. The van der Waals surface area contributed by atoms with Crippen LogP contribution in [0, 0.1) is 11.6 Å². The summed E-state index contributed by atoms with van der Waals surface area (Å²) in [6.07, 6.45) is 3.00. The minimum absolute atomic E-state index is 0.287. The monoisotopic (exact) mass is 237 g/mol. The first-order valence-electron chi connectivity index (χ1n) is 5.83. The Kier molecular flexibility index (Phi) is 2.59. The van der Waals surface area contributed by atoms with Crippen LogP contribution < -0.4 is 5.32 Å². The fourth-order valence-electron chi connectivity index (χ4n) is 2.39.